The standard InChI is InChI=1S/C30H40O7/c1-19(31)28(34)15-16-30(36)27(28,3)24(37-25(33)10-9-20-7-5-4-6-8-20)18-23-26(2)13-12-22(32)17-21(26)11-14-29(23,30)35/h4-11,19,22-24,31-32,34-36H,12-18H2,1-3H3/b10-9+/t19?,22-,23+,24?,26-,27+,28-,29-,30+/m0/s1. The molecule has 37 heavy (non-hydrogen) atoms. The van der Waals surface area contributed by atoms with Crippen molar-refractivity contribution in [2.24, 2.45) is 16.7 Å². The van der Waals surface area contributed by atoms with E-state index in [4.69, 9.17) is 4.74 Å². The number of rotatable bonds is 4. The molecule has 0 heterocycles. The number of ether oxygens (including phenoxy) is 1. The van der Waals surface area contributed by atoms with Crippen molar-refractivity contribution in [1.29, 1.82) is 0 Å². The molecule has 202 valence electrons. The molecular formula is C30H40O7. The zero-order valence-electron chi connectivity index (χ0n) is 21.9. The van der Waals surface area contributed by atoms with E-state index in [1.807, 2.05) is 36.4 Å². The van der Waals surface area contributed by atoms with E-state index in [1.54, 1.807) is 13.0 Å². The molecule has 0 aromatic heterocycles. The average Bonchev–Trinajstić information content (AvgIpc) is 3.10. The van der Waals surface area contributed by atoms with Crippen LogP contribution in [0.2, 0.25) is 0 Å². The first-order valence-corrected chi connectivity index (χ1v) is 13.5. The zero-order chi connectivity index (χ0) is 26.9. The highest BCUT2D eigenvalue weighted by molar-refractivity contribution is 5.87. The molecule has 1 aromatic rings. The second kappa shape index (κ2) is 8.75. The van der Waals surface area contributed by atoms with E-state index in [0.29, 0.717) is 19.3 Å². The SMILES string of the molecule is CC(O)[C@@]1(O)CC[C@@]2(O)[C@]1(C)C(OC(=O)/C=C/c1ccccc1)C[C@@H]1[C@@]3(C)CC[C@H](O)CC3=CC[C@]12O. The number of aliphatic hydroxyl groups is 5. The Bertz CT molecular complexity index is 1110. The number of hydrogen-bond donors (Lipinski definition) is 5. The van der Waals surface area contributed by atoms with Gasteiger partial charge in [0.25, 0.3) is 0 Å². The van der Waals surface area contributed by atoms with E-state index in [2.05, 4.69) is 6.92 Å². The summed E-state index contributed by atoms with van der Waals surface area (Å²) in [5.41, 5.74) is -5.31. The van der Waals surface area contributed by atoms with Gasteiger partial charge in [-0.05, 0) is 68.9 Å². The number of carbonyl (C=O) groups excluding carboxylic acids is 1. The molecule has 4 aliphatic rings. The third-order valence-corrected chi connectivity index (χ3v) is 10.8. The van der Waals surface area contributed by atoms with E-state index in [0.717, 1.165) is 11.1 Å². The average molecular weight is 513 g/mol. The Labute approximate surface area is 218 Å². The Balaban J connectivity index is 1.57. The molecular weight excluding hydrogens is 472 g/mol. The van der Waals surface area contributed by atoms with Crippen molar-refractivity contribution in [2.45, 2.75) is 101 Å². The highest BCUT2D eigenvalue weighted by Gasteiger charge is 2.81. The van der Waals surface area contributed by atoms with Crippen molar-refractivity contribution in [1.82, 2.24) is 0 Å². The highest BCUT2D eigenvalue weighted by Crippen LogP contribution is 2.71. The Kier molecular flexibility index (Phi) is 6.28. The maximum absolute atomic E-state index is 13.1. The van der Waals surface area contributed by atoms with Gasteiger partial charge in [-0.2, -0.15) is 0 Å². The minimum Gasteiger partial charge on any atom is -0.458 e. The van der Waals surface area contributed by atoms with Gasteiger partial charge >= 0.3 is 5.97 Å². The maximum atomic E-state index is 13.1. The smallest absolute Gasteiger partial charge is 0.331 e. The predicted octanol–water partition coefficient (Wildman–Crippen LogP) is 2.89. The molecule has 0 amide bonds. The van der Waals surface area contributed by atoms with Crippen LogP contribution in [0.1, 0.15) is 71.3 Å². The van der Waals surface area contributed by atoms with Crippen LogP contribution in [0.15, 0.2) is 48.1 Å². The molecule has 0 aliphatic heterocycles. The molecule has 7 heteroatoms. The van der Waals surface area contributed by atoms with Crippen molar-refractivity contribution >= 4 is 12.0 Å². The Morgan fingerprint density at radius 1 is 1.11 bits per heavy atom. The van der Waals surface area contributed by atoms with E-state index >= 15 is 0 Å². The molecule has 0 spiro atoms. The van der Waals surface area contributed by atoms with Gasteiger partial charge in [-0.1, -0.05) is 55.8 Å². The van der Waals surface area contributed by atoms with Crippen LogP contribution in [-0.4, -0.2) is 66.6 Å². The monoisotopic (exact) mass is 512 g/mol. The summed E-state index contributed by atoms with van der Waals surface area (Å²) in [7, 11) is 0. The van der Waals surface area contributed by atoms with Crippen molar-refractivity contribution in [3.8, 4) is 0 Å². The van der Waals surface area contributed by atoms with Crippen LogP contribution in [0.3, 0.4) is 0 Å². The first kappa shape index (κ1) is 26.6. The van der Waals surface area contributed by atoms with Gasteiger partial charge in [0.2, 0.25) is 0 Å². The minimum absolute atomic E-state index is 0.0621. The molecule has 7 nitrogen and oxygen atoms in total. The van der Waals surface area contributed by atoms with Crippen LogP contribution >= 0.6 is 0 Å². The van der Waals surface area contributed by atoms with Crippen LogP contribution in [-0.2, 0) is 9.53 Å². The lowest BCUT2D eigenvalue weighted by atomic mass is 9.42. The molecule has 0 saturated heterocycles. The Morgan fingerprint density at radius 3 is 2.49 bits per heavy atom. The normalized spacial score (nSPS) is 45.9. The van der Waals surface area contributed by atoms with Crippen LogP contribution in [0.4, 0.5) is 0 Å². The van der Waals surface area contributed by atoms with Crippen LogP contribution in [0.25, 0.3) is 6.08 Å². The molecule has 1 aromatic carbocycles. The first-order valence-electron chi connectivity index (χ1n) is 13.5. The Hall–Kier alpha value is -2.03. The van der Waals surface area contributed by atoms with Crippen LogP contribution in [0.5, 0.6) is 0 Å². The van der Waals surface area contributed by atoms with Gasteiger partial charge in [-0.15, -0.1) is 0 Å². The fraction of sp³-hybridized carbons (Fsp3) is 0.633. The summed E-state index contributed by atoms with van der Waals surface area (Å²) in [6.45, 7) is 5.19. The van der Waals surface area contributed by atoms with Gasteiger partial charge in [0.1, 0.15) is 22.9 Å². The second-order valence-corrected chi connectivity index (χ2v) is 12.3. The molecule has 0 radical (unpaired) electrons. The summed E-state index contributed by atoms with van der Waals surface area (Å²) >= 11 is 0. The van der Waals surface area contributed by atoms with Gasteiger partial charge < -0.3 is 30.3 Å². The summed E-state index contributed by atoms with van der Waals surface area (Å²) < 4.78 is 6.04. The van der Waals surface area contributed by atoms with Gasteiger partial charge in [-0.3, -0.25) is 0 Å². The lowest BCUT2D eigenvalue weighted by molar-refractivity contribution is -0.326. The fourth-order valence-electron chi connectivity index (χ4n) is 8.42. The van der Waals surface area contributed by atoms with E-state index in [9.17, 15) is 30.3 Å². The van der Waals surface area contributed by atoms with Crippen LogP contribution < -0.4 is 0 Å². The summed E-state index contributed by atoms with van der Waals surface area (Å²) in [6.07, 6.45) is 4.57. The summed E-state index contributed by atoms with van der Waals surface area (Å²) in [4.78, 5) is 13.1. The van der Waals surface area contributed by atoms with Crippen molar-refractivity contribution in [2.75, 3.05) is 0 Å². The fourth-order valence-corrected chi connectivity index (χ4v) is 8.42. The van der Waals surface area contributed by atoms with Crippen molar-refractivity contribution in [3.05, 3.63) is 53.6 Å². The Morgan fingerprint density at radius 2 is 1.81 bits per heavy atom. The minimum atomic E-state index is -1.82. The first-order chi connectivity index (χ1) is 17.3. The maximum Gasteiger partial charge on any atom is 0.331 e. The number of aliphatic hydroxyl groups excluding tert-OH is 2. The number of carbonyl (C=O) groups is 1. The van der Waals surface area contributed by atoms with Gasteiger partial charge in [0.05, 0.1) is 17.6 Å². The molecule has 0 bridgehead atoms. The molecule has 5 N–H and O–H groups in total. The van der Waals surface area contributed by atoms with Gasteiger partial charge in [0.15, 0.2) is 0 Å². The zero-order valence-corrected chi connectivity index (χ0v) is 21.9. The highest BCUT2D eigenvalue weighted by atomic mass is 16.5. The number of esters is 1. The topological polar surface area (TPSA) is 127 Å². The van der Waals surface area contributed by atoms with E-state index in [1.165, 1.54) is 13.0 Å². The predicted molar refractivity (Wildman–Crippen MR) is 138 cm³/mol. The summed E-state index contributed by atoms with van der Waals surface area (Å²) in [5, 5.41) is 57.7. The van der Waals surface area contributed by atoms with Crippen LogP contribution in [0, 0.1) is 16.7 Å². The number of benzene rings is 1. The summed E-state index contributed by atoms with van der Waals surface area (Å²) in [5.74, 6) is -1.07. The third-order valence-electron chi connectivity index (χ3n) is 10.8. The molecule has 5 rings (SSSR count). The molecule has 2 unspecified atom stereocenters. The van der Waals surface area contributed by atoms with Crippen molar-refractivity contribution < 1.29 is 35.1 Å². The second-order valence-electron chi connectivity index (χ2n) is 12.3. The van der Waals surface area contributed by atoms with Crippen molar-refractivity contribution in [3.63, 3.8) is 0 Å². The van der Waals surface area contributed by atoms with Gasteiger partial charge in [0, 0.05) is 12.0 Å². The number of fused-ring (bicyclic) bond motifs is 5. The largest absolute Gasteiger partial charge is 0.458 e. The molecule has 3 fully saturated rings. The summed E-state index contributed by atoms with van der Waals surface area (Å²) in [6, 6.07) is 9.34. The molecule has 9 atom stereocenters. The number of hydrogen-bond acceptors (Lipinski definition) is 7. The quantitative estimate of drug-likeness (QED) is 0.238. The van der Waals surface area contributed by atoms with E-state index in [-0.39, 0.29) is 25.7 Å². The molecule has 3 saturated carbocycles. The molecule has 4 aliphatic carbocycles. The van der Waals surface area contributed by atoms with Gasteiger partial charge in [-0.25, -0.2) is 4.79 Å². The lowest BCUT2D eigenvalue weighted by Gasteiger charge is -2.67. The van der Waals surface area contributed by atoms with E-state index < -0.39 is 57.8 Å². The third kappa shape index (κ3) is 3.54. The lowest BCUT2D eigenvalue weighted by Crippen LogP contribution is -2.78.